The maximum Gasteiger partial charge on any atom is 0.232 e. The van der Waals surface area contributed by atoms with Crippen LogP contribution in [0.25, 0.3) is 0 Å². The Labute approximate surface area is 145 Å². The molecule has 4 heteroatoms. The summed E-state index contributed by atoms with van der Waals surface area (Å²) < 4.78 is 0. The van der Waals surface area contributed by atoms with E-state index in [1.165, 1.54) is 36.1 Å². The molecule has 0 radical (unpaired) electrons. The number of amides is 2. The number of benzene rings is 1. The Morgan fingerprint density at radius 1 is 1.04 bits per heavy atom. The molecule has 24 heavy (non-hydrogen) atoms. The van der Waals surface area contributed by atoms with Crippen LogP contribution in [0.5, 0.6) is 0 Å². The maximum atomic E-state index is 12.4. The number of carbonyl (C=O) groups excluding carboxylic acids is 2. The quantitative estimate of drug-likeness (QED) is 0.401. The van der Waals surface area contributed by atoms with Crippen LogP contribution < -0.4 is 5.73 Å². The normalized spacial score (nSPS) is 17.7. The van der Waals surface area contributed by atoms with Crippen LogP contribution in [0, 0.1) is 5.92 Å². The molecule has 1 unspecified atom stereocenters. The standard InChI is InChI=1S/C20H30N2O2/c1-2-3-4-5-6-7-14-22-19(23)15-17(20(22)24)11-8-16-9-12-18(21)13-10-16/h9-10,12-13,17H,2-8,11,14-15,21H2,1H3. The van der Waals surface area contributed by atoms with E-state index in [1.54, 1.807) is 0 Å². The number of imide groups is 1. The Morgan fingerprint density at radius 2 is 1.71 bits per heavy atom. The first-order chi connectivity index (χ1) is 11.6. The molecule has 0 spiro atoms. The number of aryl methyl sites for hydroxylation is 1. The number of unbranched alkanes of at least 4 members (excludes halogenated alkanes) is 5. The highest BCUT2D eigenvalue weighted by atomic mass is 16.2. The minimum Gasteiger partial charge on any atom is -0.399 e. The summed E-state index contributed by atoms with van der Waals surface area (Å²) in [6.07, 6.45) is 8.93. The first-order valence-electron chi connectivity index (χ1n) is 9.30. The van der Waals surface area contributed by atoms with Gasteiger partial charge >= 0.3 is 0 Å². The summed E-state index contributed by atoms with van der Waals surface area (Å²) in [5.74, 6) is -0.102. The predicted molar refractivity (Wildman–Crippen MR) is 97.4 cm³/mol. The molecule has 0 saturated carbocycles. The molecule has 1 aromatic carbocycles. The van der Waals surface area contributed by atoms with Crippen LogP contribution in [0.4, 0.5) is 5.69 Å². The topological polar surface area (TPSA) is 63.4 Å². The molecular formula is C20H30N2O2. The molecule has 0 aromatic heterocycles. The van der Waals surface area contributed by atoms with Crippen molar-refractivity contribution in [3.63, 3.8) is 0 Å². The number of likely N-dealkylation sites (tertiary alicyclic amines) is 1. The maximum absolute atomic E-state index is 12.4. The number of hydrogen-bond acceptors (Lipinski definition) is 3. The Balaban J connectivity index is 1.73. The second kappa shape index (κ2) is 9.45. The van der Waals surface area contributed by atoms with Crippen molar-refractivity contribution in [1.82, 2.24) is 4.90 Å². The summed E-state index contributed by atoms with van der Waals surface area (Å²) in [5.41, 5.74) is 7.59. The first-order valence-corrected chi connectivity index (χ1v) is 9.30. The van der Waals surface area contributed by atoms with E-state index >= 15 is 0 Å². The molecule has 2 N–H and O–H groups in total. The zero-order valence-corrected chi connectivity index (χ0v) is 14.8. The van der Waals surface area contributed by atoms with Gasteiger partial charge in [-0.25, -0.2) is 0 Å². The van der Waals surface area contributed by atoms with Gasteiger partial charge in [0.1, 0.15) is 0 Å². The molecule has 1 aliphatic heterocycles. The van der Waals surface area contributed by atoms with Gasteiger partial charge in [-0.15, -0.1) is 0 Å². The molecule has 1 heterocycles. The third-order valence-corrected chi connectivity index (χ3v) is 4.83. The summed E-state index contributed by atoms with van der Waals surface area (Å²) in [6.45, 7) is 2.80. The van der Waals surface area contributed by atoms with Crippen LogP contribution in [-0.2, 0) is 16.0 Å². The van der Waals surface area contributed by atoms with E-state index in [-0.39, 0.29) is 17.7 Å². The summed E-state index contributed by atoms with van der Waals surface area (Å²) in [4.78, 5) is 26.0. The third-order valence-electron chi connectivity index (χ3n) is 4.83. The van der Waals surface area contributed by atoms with Gasteiger partial charge in [0.05, 0.1) is 0 Å². The van der Waals surface area contributed by atoms with Gasteiger partial charge in [0.25, 0.3) is 0 Å². The molecule has 132 valence electrons. The van der Waals surface area contributed by atoms with Gasteiger partial charge in [0.15, 0.2) is 0 Å². The Bertz CT molecular complexity index is 539. The molecular weight excluding hydrogens is 300 g/mol. The lowest BCUT2D eigenvalue weighted by Gasteiger charge is -2.15. The van der Waals surface area contributed by atoms with Crippen LogP contribution in [0.15, 0.2) is 24.3 Å². The second-order valence-electron chi connectivity index (χ2n) is 6.83. The highest BCUT2D eigenvalue weighted by Gasteiger charge is 2.37. The van der Waals surface area contributed by atoms with E-state index in [0.717, 1.165) is 31.4 Å². The highest BCUT2D eigenvalue weighted by molar-refractivity contribution is 6.03. The Hall–Kier alpha value is -1.84. The molecule has 1 aliphatic rings. The summed E-state index contributed by atoms with van der Waals surface area (Å²) in [5, 5.41) is 0. The molecule has 0 aliphatic carbocycles. The molecule has 4 nitrogen and oxygen atoms in total. The average molecular weight is 330 g/mol. The van der Waals surface area contributed by atoms with Gasteiger partial charge in [-0.1, -0.05) is 51.2 Å². The molecule has 1 atom stereocenters. The molecule has 1 fully saturated rings. The van der Waals surface area contributed by atoms with Crippen LogP contribution in [0.1, 0.15) is 63.9 Å². The summed E-state index contributed by atoms with van der Waals surface area (Å²) in [6, 6.07) is 7.74. The SMILES string of the molecule is CCCCCCCCN1C(=O)CC(CCc2ccc(N)cc2)C1=O. The minimum atomic E-state index is -0.143. The number of rotatable bonds is 10. The van der Waals surface area contributed by atoms with E-state index in [2.05, 4.69) is 6.92 Å². The van der Waals surface area contributed by atoms with Gasteiger partial charge in [-0.3, -0.25) is 14.5 Å². The third kappa shape index (κ3) is 5.36. The van der Waals surface area contributed by atoms with Gasteiger partial charge in [-0.05, 0) is 37.0 Å². The number of nitrogens with zero attached hydrogens (tertiary/aromatic N) is 1. The number of carbonyl (C=O) groups is 2. The monoisotopic (exact) mass is 330 g/mol. The smallest absolute Gasteiger partial charge is 0.232 e. The average Bonchev–Trinajstić information content (AvgIpc) is 2.84. The Kier molecular flexibility index (Phi) is 7.29. The van der Waals surface area contributed by atoms with Crippen molar-refractivity contribution in [1.29, 1.82) is 0 Å². The van der Waals surface area contributed by atoms with Crippen molar-refractivity contribution in [2.45, 2.75) is 64.7 Å². The fourth-order valence-corrected chi connectivity index (χ4v) is 3.29. The lowest BCUT2D eigenvalue weighted by Crippen LogP contribution is -2.31. The molecule has 0 bridgehead atoms. The number of nitrogen functional groups attached to an aromatic ring is 1. The zero-order valence-electron chi connectivity index (χ0n) is 14.8. The van der Waals surface area contributed by atoms with Gasteiger partial charge in [0, 0.05) is 24.6 Å². The van der Waals surface area contributed by atoms with Crippen molar-refractivity contribution in [2.24, 2.45) is 5.92 Å². The van der Waals surface area contributed by atoms with Gasteiger partial charge in [-0.2, -0.15) is 0 Å². The minimum absolute atomic E-state index is 0.0101. The lowest BCUT2D eigenvalue weighted by atomic mass is 9.98. The highest BCUT2D eigenvalue weighted by Crippen LogP contribution is 2.25. The Morgan fingerprint density at radius 3 is 2.42 bits per heavy atom. The summed E-state index contributed by atoms with van der Waals surface area (Å²) >= 11 is 0. The van der Waals surface area contributed by atoms with Crippen LogP contribution >= 0.6 is 0 Å². The van der Waals surface area contributed by atoms with E-state index in [1.807, 2.05) is 24.3 Å². The van der Waals surface area contributed by atoms with Gasteiger partial charge in [0.2, 0.25) is 11.8 Å². The van der Waals surface area contributed by atoms with Crippen molar-refractivity contribution in [3.8, 4) is 0 Å². The number of anilines is 1. The second-order valence-corrected chi connectivity index (χ2v) is 6.83. The zero-order chi connectivity index (χ0) is 17.4. The molecule has 1 saturated heterocycles. The van der Waals surface area contributed by atoms with Crippen molar-refractivity contribution in [3.05, 3.63) is 29.8 Å². The molecule has 2 rings (SSSR count). The van der Waals surface area contributed by atoms with E-state index in [0.29, 0.717) is 13.0 Å². The molecule has 2 amide bonds. The van der Waals surface area contributed by atoms with E-state index in [4.69, 9.17) is 5.73 Å². The van der Waals surface area contributed by atoms with Crippen molar-refractivity contribution in [2.75, 3.05) is 12.3 Å². The van der Waals surface area contributed by atoms with E-state index in [9.17, 15) is 9.59 Å². The molecule has 1 aromatic rings. The van der Waals surface area contributed by atoms with Crippen LogP contribution in [0.2, 0.25) is 0 Å². The largest absolute Gasteiger partial charge is 0.399 e. The van der Waals surface area contributed by atoms with Crippen molar-refractivity contribution >= 4 is 17.5 Å². The first kappa shape index (κ1) is 18.5. The van der Waals surface area contributed by atoms with E-state index < -0.39 is 0 Å². The van der Waals surface area contributed by atoms with Crippen molar-refractivity contribution < 1.29 is 9.59 Å². The number of nitrogens with two attached hydrogens (primary N) is 1. The predicted octanol–water partition coefficient (Wildman–Crippen LogP) is 3.94. The summed E-state index contributed by atoms with van der Waals surface area (Å²) in [7, 11) is 0. The number of hydrogen-bond donors (Lipinski definition) is 1. The fourth-order valence-electron chi connectivity index (χ4n) is 3.29. The fraction of sp³-hybridized carbons (Fsp3) is 0.600. The van der Waals surface area contributed by atoms with Crippen LogP contribution in [-0.4, -0.2) is 23.3 Å². The lowest BCUT2D eigenvalue weighted by molar-refractivity contribution is -0.139. The van der Waals surface area contributed by atoms with Gasteiger partial charge < -0.3 is 5.73 Å². The van der Waals surface area contributed by atoms with Crippen LogP contribution in [0.3, 0.4) is 0 Å².